The van der Waals surface area contributed by atoms with Crippen molar-refractivity contribution in [3.8, 4) is 0 Å². The maximum atomic E-state index is 11.3. The summed E-state index contributed by atoms with van der Waals surface area (Å²) < 4.78 is 0. The van der Waals surface area contributed by atoms with Gasteiger partial charge in [-0.15, -0.1) is 0 Å². The van der Waals surface area contributed by atoms with Gasteiger partial charge < -0.3 is 5.32 Å². The second kappa shape index (κ2) is 3.38. The molecule has 3 heteroatoms. The van der Waals surface area contributed by atoms with Crippen LogP contribution >= 0.6 is 11.6 Å². The molecular formula is C10H10ClNO. The molecule has 0 spiro atoms. The van der Waals surface area contributed by atoms with Gasteiger partial charge >= 0.3 is 0 Å². The predicted molar refractivity (Wildman–Crippen MR) is 51.8 cm³/mol. The van der Waals surface area contributed by atoms with Crippen LogP contribution in [0.5, 0.6) is 0 Å². The van der Waals surface area contributed by atoms with E-state index in [1.165, 1.54) is 0 Å². The van der Waals surface area contributed by atoms with Crippen molar-refractivity contribution >= 4 is 17.5 Å². The fraction of sp³-hybridized carbons (Fsp3) is 0.300. The number of carbonyl (C=O) groups is 1. The van der Waals surface area contributed by atoms with Crippen molar-refractivity contribution in [1.29, 1.82) is 0 Å². The van der Waals surface area contributed by atoms with Gasteiger partial charge in [-0.05, 0) is 24.1 Å². The van der Waals surface area contributed by atoms with Crippen molar-refractivity contribution in [3.05, 3.63) is 34.9 Å². The summed E-state index contributed by atoms with van der Waals surface area (Å²) in [5, 5.41) is 3.52. The lowest BCUT2D eigenvalue weighted by Crippen LogP contribution is -2.17. The number of nitrogens with one attached hydrogen (secondary N) is 1. The van der Waals surface area contributed by atoms with Crippen LogP contribution in [0.3, 0.4) is 0 Å². The van der Waals surface area contributed by atoms with Gasteiger partial charge in [0, 0.05) is 11.6 Å². The monoisotopic (exact) mass is 195 g/mol. The van der Waals surface area contributed by atoms with E-state index < -0.39 is 0 Å². The smallest absolute Gasteiger partial charge is 0.227 e. The van der Waals surface area contributed by atoms with Crippen LogP contribution < -0.4 is 5.32 Å². The molecule has 1 heterocycles. The molecule has 2 nitrogen and oxygen atoms in total. The van der Waals surface area contributed by atoms with Gasteiger partial charge in [-0.2, -0.15) is 0 Å². The van der Waals surface area contributed by atoms with Gasteiger partial charge in [-0.3, -0.25) is 4.79 Å². The summed E-state index contributed by atoms with van der Waals surface area (Å²) >= 11 is 5.75. The van der Waals surface area contributed by atoms with E-state index in [1.54, 1.807) is 0 Å². The van der Waals surface area contributed by atoms with Crippen LogP contribution in [-0.4, -0.2) is 12.5 Å². The first kappa shape index (κ1) is 8.57. The third kappa shape index (κ3) is 1.68. The molecule has 2 rings (SSSR count). The molecule has 0 bridgehead atoms. The van der Waals surface area contributed by atoms with Gasteiger partial charge in [0.05, 0.1) is 5.92 Å². The normalized spacial score (nSPS) is 21.6. The van der Waals surface area contributed by atoms with Gasteiger partial charge in [0.1, 0.15) is 0 Å². The molecule has 1 amide bonds. The number of amides is 1. The van der Waals surface area contributed by atoms with Crippen LogP contribution in [0.15, 0.2) is 24.3 Å². The van der Waals surface area contributed by atoms with Crippen LogP contribution in [0, 0.1) is 0 Å². The molecule has 1 unspecified atom stereocenters. The summed E-state index contributed by atoms with van der Waals surface area (Å²) in [6, 6.07) is 7.47. The number of rotatable bonds is 1. The Bertz CT molecular complexity index is 320. The Morgan fingerprint density at radius 2 is 2.00 bits per heavy atom. The molecule has 1 atom stereocenters. The summed E-state index contributed by atoms with van der Waals surface area (Å²) in [6.07, 6.45) is 0.889. The third-order valence-electron chi connectivity index (χ3n) is 2.32. The number of hydrogen-bond acceptors (Lipinski definition) is 1. The summed E-state index contributed by atoms with van der Waals surface area (Å²) in [5.41, 5.74) is 1.06. The summed E-state index contributed by atoms with van der Waals surface area (Å²) in [7, 11) is 0. The fourth-order valence-electron chi connectivity index (χ4n) is 1.61. The molecule has 0 aromatic heterocycles. The van der Waals surface area contributed by atoms with Crippen molar-refractivity contribution in [2.75, 3.05) is 6.54 Å². The number of carbonyl (C=O) groups excluding carboxylic acids is 1. The SMILES string of the molecule is O=C1NCCC1c1ccc(Cl)cc1. The zero-order chi connectivity index (χ0) is 9.26. The molecule has 1 saturated heterocycles. The minimum atomic E-state index is 0.0252. The molecule has 1 fully saturated rings. The summed E-state index contributed by atoms with van der Waals surface area (Å²) in [5.74, 6) is 0.152. The highest BCUT2D eigenvalue weighted by molar-refractivity contribution is 6.30. The lowest BCUT2D eigenvalue weighted by atomic mass is 9.98. The Labute approximate surface area is 81.9 Å². The Morgan fingerprint density at radius 3 is 2.54 bits per heavy atom. The Kier molecular flexibility index (Phi) is 2.23. The molecule has 1 aliphatic heterocycles. The first-order valence-corrected chi connectivity index (χ1v) is 4.68. The van der Waals surface area contributed by atoms with Gasteiger partial charge in [0.25, 0.3) is 0 Å². The van der Waals surface area contributed by atoms with E-state index in [9.17, 15) is 4.79 Å². The standard InChI is InChI=1S/C10H10ClNO/c11-8-3-1-7(2-4-8)9-5-6-12-10(9)13/h1-4,9H,5-6H2,(H,12,13). The van der Waals surface area contributed by atoms with E-state index in [0.29, 0.717) is 5.02 Å². The topological polar surface area (TPSA) is 29.1 Å². The van der Waals surface area contributed by atoms with Crippen LogP contribution in [0.4, 0.5) is 0 Å². The molecule has 0 aliphatic carbocycles. The average molecular weight is 196 g/mol. The zero-order valence-corrected chi connectivity index (χ0v) is 7.84. The maximum Gasteiger partial charge on any atom is 0.227 e. The zero-order valence-electron chi connectivity index (χ0n) is 7.09. The van der Waals surface area contributed by atoms with Crippen molar-refractivity contribution in [2.45, 2.75) is 12.3 Å². The van der Waals surface area contributed by atoms with Crippen LogP contribution in [-0.2, 0) is 4.79 Å². The molecule has 1 aromatic carbocycles. The van der Waals surface area contributed by atoms with Gasteiger partial charge in [0.15, 0.2) is 0 Å². The molecule has 0 saturated carbocycles. The lowest BCUT2D eigenvalue weighted by molar-refractivity contribution is -0.120. The van der Waals surface area contributed by atoms with Crippen molar-refractivity contribution in [2.24, 2.45) is 0 Å². The highest BCUT2D eigenvalue weighted by Crippen LogP contribution is 2.24. The predicted octanol–water partition coefficient (Wildman–Crippen LogP) is 1.94. The second-order valence-corrected chi connectivity index (χ2v) is 3.62. The van der Waals surface area contributed by atoms with Crippen LogP contribution in [0.25, 0.3) is 0 Å². The lowest BCUT2D eigenvalue weighted by Gasteiger charge is -2.06. The molecule has 0 radical (unpaired) electrons. The largest absolute Gasteiger partial charge is 0.356 e. The number of hydrogen-bond donors (Lipinski definition) is 1. The first-order chi connectivity index (χ1) is 6.27. The van der Waals surface area contributed by atoms with E-state index in [0.717, 1.165) is 18.5 Å². The molecular weight excluding hydrogens is 186 g/mol. The van der Waals surface area contributed by atoms with Crippen molar-refractivity contribution < 1.29 is 4.79 Å². The Morgan fingerprint density at radius 1 is 1.31 bits per heavy atom. The second-order valence-electron chi connectivity index (χ2n) is 3.18. The van der Waals surface area contributed by atoms with Gasteiger partial charge in [-0.25, -0.2) is 0 Å². The summed E-state index contributed by atoms with van der Waals surface area (Å²) in [6.45, 7) is 0.784. The first-order valence-electron chi connectivity index (χ1n) is 4.30. The third-order valence-corrected chi connectivity index (χ3v) is 2.57. The van der Waals surface area contributed by atoms with E-state index in [4.69, 9.17) is 11.6 Å². The quantitative estimate of drug-likeness (QED) is 0.729. The van der Waals surface area contributed by atoms with E-state index in [1.807, 2.05) is 24.3 Å². The van der Waals surface area contributed by atoms with E-state index >= 15 is 0 Å². The van der Waals surface area contributed by atoms with Crippen LogP contribution in [0.2, 0.25) is 5.02 Å². The molecule has 68 valence electrons. The Hall–Kier alpha value is -1.02. The highest BCUT2D eigenvalue weighted by Gasteiger charge is 2.25. The molecule has 13 heavy (non-hydrogen) atoms. The molecule has 1 aliphatic rings. The minimum absolute atomic E-state index is 0.0252. The minimum Gasteiger partial charge on any atom is -0.356 e. The Balaban J connectivity index is 2.25. The summed E-state index contributed by atoms with van der Waals surface area (Å²) in [4.78, 5) is 11.3. The maximum absolute atomic E-state index is 11.3. The number of benzene rings is 1. The van der Waals surface area contributed by atoms with E-state index in [2.05, 4.69) is 5.32 Å². The van der Waals surface area contributed by atoms with E-state index in [-0.39, 0.29) is 11.8 Å². The van der Waals surface area contributed by atoms with Crippen molar-refractivity contribution in [3.63, 3.8) is 0 Å². The van der Waals surface area contributed by atoms with Crippen molar-refractivity contribution in [1.82, 2.24) is 5.32 Å². The average Bonchev–Trinajstić information content (AvgIpc) is 2.53. The van der Waals surface area contributed by atoms with Gasteiger partial charge in [0.2, 0.25) is 5.91 Å². The van der Waals surface area contributed by atoms with Crippen LogP contribution in [0.1, 0.15) is 17.9 Å². The highest BCUT2D eigenvalue weighted by atomic mass is 35.5. The molecule has 1 N–H and O–H groups in total. The fourth-order valence-corrected chi connectivity index (χ4v) is 1.73. The number of halogens is 1. The van der Waals surface area contributed by atoms with Gasteiger partial charge in [-0.1, -0.05) is 23.7 Å². The molecule has 1 aromatic rings.